The van der Waals surface area contributed by atoms with E-state index in [2.05, 4.69) is 6.58 Å². The first-order valence-corrected chi connectivity index (χ1v) is 7.58. The van der Waals surface area contributed by atoms with Crippen molar-refractivity contribution in [2.75, 3.05) is 19.0 Å². The molecule has 24 heavy (non-hydrogen) atoms. The standard InChI is InChI=1S/C18H18ClNO4/c1-10(2)18(22)24-17-13-7-6-12(19)8-14(13)16(23-11(3)21)9-15(17)20(4)5/h6-9H,1H2,2-5H3. The van der Waals surface area contributed by atoms with E-state index in [9.17, 15) is 9.59 Å². The van der Waals surface area contributed by atoms with Crippen LogP contribution in [0.2, 0.25) is 5.02 Å². The molecule has 5 nitrogen and oxygen atoms in total. The first-order chi connectivity index (χ1) is 11.2. The van der Waals surface area contributed by atoms with Crippen molar-refractivity contribution in [3.05, 3.63) is 41.4 Å². The van der Waals surface area contributed by atoms with Gasteiger partial charge in [0.1, 0.15) is 5.75 Å². The van der Waals surface area contributed by atoms with Gasteiger partial charge in [-0.15, -0.1) is 0 Å². The number of anilines is 1. The first-order valence-electron chi connectivity index (χ1n) is 7.20. The molecule has 0 unspecified atom stereocenters. The number of ether oxygens (including phenoxy) is 2. The van der Waals surface area contributed by atoms with Crippen molar-refractivity contribution >= 4 is 40.0 Å². The molecule has 126 valence electrons. The number of carbonyl (C=O) groups is 2. The summed E-state index contributed by atoms with van der Waals surface area (Å²) >= 11 is 6.07. The van der Waals surface area contributed by atoms with Crippen LogP contribution in [0.5, 0.6) is 11.5 Å². The lowest BCUT2D eigenvalue weighted by Crippen LogP contribution is -2.15. The molecular weight excluding hydrogens is 330 g/mol. The summed E-state index contributed by atoms with van der Waals surface area (Å²) in [6.45, 7) is 6.49. The zero-order valence-corrected chi connectivity index (χ0v) is 14.7. The van der Waals surface area contributed by atoms with Gasteiger partial charge in [-0.2, -0.15) is 0 Å². The third-order valence-corrected chi connectivity index (χ3v) is 3.51. The minimum absolute atomic E-state index is 0.283. The first kappa shape index (κ1) is 17.8. The third-order valence-electron chi connectivity index (χ3n) is 3.27. The molecule has 0 saturated heterocycles. The highest BCUT2D eigenvalue weighted by Gasteiger charge is 2.20. The van der Waals surface area contributed by atoms with Gasteiger partial charge >= 0.3 is 11.9 Å². The minimum Gasteiger partial charge on any atom is -0.426 e. The fourth-order valence-electron chi connectivity index (χ4n) is 2.18. The number of hydrogen-bond donors (Lipinski definition) is 0. The van der Waals surface area contributed by atoms with E-state index in [1.165, 1.54) is 6.92 Å². The van der Waals surface area contributed by atoms with E-state index in [0.717, 1.165) is 0 Å². The Labute approximate surface area is 145 Å². The van der Waals surface area contributed by atoms with Crippen molar-refractivity contribution in [2.24, 2.45) is 0 Å². The van der Waals surface area contributed by atoms with E-state index in [0.29, 0.717) is 33.0 Å². The van der Waals surface area contributed by atoms with Crippen molar-refractivity contribution in [1.82, 2.24) is 0 Å². The average Bonchev–Trinajstić information content (AvgIpc) is 2.48. The van der Waals surface area contributed by atoms with Gasteiger partial charge in [-0.25, -0.2) is 4.79 Å². The van der Waals surface area contributed by atoms with Crippen molar-refractivity contribution in [3.8, 4) is 11.5 Å². The van der Waals surface area contributed by atoms with Gasteiger partial charge in [0.2, 0.25) is 0 Å². The molecule has 0 amide bonds. The van der Waals surface area contributed by atoms with Gasteiger partial charge in [-0.1, -0.05) is 18.2 Å². The Balaban J connectivity index is 2.78. The van der Waals surface area contributed by atoms with Crippen LogP contribution in [0.3, 0.4) is 0 Å². The van der Waals surface area contributed by atoms with Crippen LogP contribution in [0, 0.1) is 0 Å². The summed E-state index contributed by atoms with van der Waals surface area (Å²) in [5.74, 6) is -0.281. The fourth-order valence-corrected chi connectivity index (χ4v) is 2.35. The molecule has 0 atom stereocenters. The number of benzene rings is 2. The maximum atomic E-state index is 12.0. The Morgan fingerprint density at radius 1 is 1.08 bits per heavy atom. The van der Waals surface area contributed by atoms with E-state index in [1.807, 2.05) is 0 Å². The Kier molecular flexibility index (Phi) is 5.14. The van der Waals surface area contributed by atoms with Crippen molar-refractivity contribution < 1.29 is 19.1 Å². The Morgan fingerprint density at radius 3 is 2.29 bits per heavy atom. The summed E-state index contributed by atoms with van der Waals surface area (Å²) in [5.41, 5.74) is 0.876. The molecule has 0 bridgehead atoms. The van der Waals surface area contributed by atoms with Gasteiger partial charge in [0.25, 0.3) is 0 Å². The molecule has 2 aromatic carbocycles. The second-order valence-corrected chi connectivity index (χ2v) is 6.01. The Bertz CT molecular complexity index is 843. The number of carbonyl (C=O) groups excluding carboxylic acids is 2. The van der Waals surface area contributed by atoms with Crippen molar-refractivity contribution in [3.63, 3.8) is 0 Å². The molecule has 2 aromatic rings. The van der Waals surface area contributed by atoms with Crippen LogP contribution in [0.1, 0.15) is 13.8 Å². The second-order valence-electron chi connectivity index (χ2n) is 5.57. The normalized spacial score (nSPS) is 10.4. The highest BCUT2D eigenvalue weighted by molar-refractivity contribution is 6.31. The third kappa shape index (κ3) is 3.68. The van der Waals surface area contributed by atoms with E-state index < -0.39 is 11.9 Å². The van der Waals surface area contributed by atoms with E-state index >= 15 is 0 Å². The maximum absolute atomic E-state index is 12.0. The summed E-state index contributed by atoms with van der Waals surface area (Å²) in [7, 11) is 3.60. The van der Waals surface area contributed by atoms with Crippen LogP contribution in [0.25, 0.3) is 10.8 Å². The van der Waals surface area contributed by atoms with Gasteiger partial charge in [0.05, 0.1) is 5.69 Å². The number of esters is 2. The zero-order chi connectivity index (χ0) is 18.0. The molecule has 0 spiro atoms. The number of hydrogen-bond acceptors (Lipinski definition) is 5. The molecule has 0 radical (unpaired) electrons. The largest absolute Gasteiger partial charge is 0.426 e. The van der Waals surface area contributed by atoms with Gasteiger partial charge in [0.15, 0.2) is 5.75 Å². The lowest BCUT2D eigenvalue weighted by molar-refractivity contribution is -0.132. The van der Waals surface area contributed by atoms with Crippen molar-refractivity contribution in [1.29, 1.82) is 0 Å². The predicted molar refractivity (Wildman–Crippen MR) is 95.0 cm³/mol. The highest BCUT2D eigenvalue weighted by atomic mass is 35.5. The fraction of sp³-hybridized carbons (Fsp3) is 0.222. The molecular formula is C18H18ClNO4. The zero-order valence-electron chi connectivity index (χ0n) is 14.0. The summed E-state index contributed by atoms with van der Waals surface area (Å²) in [6.07, 6.45) is 0. The maximum Gasteiger partial charge on any atom is 0.338 e. The summed E-state index contributed by atoms with van der Waals surface area (Å²) < 4.78 is 10.8. The molecule has 6 heteroatoms. The summed E-state index contributed by atoms with van der Waals surface area (Å²) in [6, 6.07) is 6.70. The molecule has 0 N–H and O–H groups in total. The van der Waals surface area contributed by atoms with Crippen LogP contribution in [0.4, 0.5) is 5.69 Å². The molecule has 0 fully saturated rings. The quantitative estimate of drug-likeness (QED) is 0.476. The lowest BCUT2D eigenvalue weighted by Gasteiger charge is -2.21. The van der Waals surface area contributed by atoms with E-state index in [4.69, 9.17) is 21.1 Å². The number of nitrogens with zero attached hydrogens (tertiary/aromatic N) is 1. The van der Waals surface area contributed by atoms with Crippen LogP contribution in [-0.2, 0) is 9.59 Å². The molecule has 0 aliphatic carbocycles. The summed E-state index contributed by atoms with van der Waals surface area (Å²) in [5, 5.41) is 1.66. The van der Waals surface area contributed by atoms with Crippen LogP contribution in [-0.4, -0.2) is 26.0 Å². The van der Waals surface area contributed by atoms with Crippen LogP contribution < -0.4 is 14.4 Å². The minimum atomic E-state index is -0.533. The van der Waals surface area contributed by atoms with Gasteiger partial charge < -0.3 is 14.4 Å². The SMILES string of the molecule is C=C(C)C(=O)Oc1c(N(C)C)cc(OC(C)=O)c2cc(Cl)ccc12. The number of fused-ring (bicyclic) bond motifs is 1. The highest BCUT2D eigenvalue weighted by Crippen LogP contribution is 2.42. The Hall–Kier alpha value is -2.53. The monoisotopic (exact) mass is 347 g/mol. The van der Waals surface area contributed by atoms with Gasteiger partial charge in [0, 0.05) is 48.5 Å². The lowest BCUT2D eigenvalue weighted by atomic mass is 10.1. The second kappa shape index (κ2) is 6.93. The van der Waals surface area contributed by atoms with Crippen LogP contribution in [0.15, 0.2) is 36.4 Å². The molecule has 0 aliphatic heterocycles. The van der Waals surface area contributed by atoms with E-state index in [1.54, 1.807) is 50.2 Å². The van der Waals surface area contributed by atoms with Gasteiger partial charge in [-0.05, 0) is 25.1 Å². The smallest absolute Gasteiger partial charge is 0.338 e. The molecule has 2 rings (SSSR count). The Morgan fingerprint density at radius 2 is 1.75 bits per heavy atom. The van der Waals surface area contributed by atoms with Crippen molar-refractivity contribution in [2.45, 2.75) is 13.8 Å². The predicted octanol–water partition coefficient (Wildman–Crippen LogP) is 3.97. The topological polar surface area (TPSA) is 55.8 Å². The molecule has 0 saturated carbocycles. The average molecular weight is 348 g/mol. The van der Waals surface area contributed by atoms with Gasteiger partial charge in [-0.3, -0.25) is 4.79 Å². The number of rotatable bonds is 4. The number of halogens is 1. The molecule has 0 heterocycles. The molecule has 0 aliphatic rings. The van der Waals surface area contributed by atoms with Crippen LogP contribution >= 0.6 is 11.6 Å². The molecule has 0 aromatic heterocycles. The van der Waals surface area contributed by atoms with E-state index in [-0.39, 0.29) is 5.57 Å². The summed E-state index contributed by atoms with van der Waals surface area (Å²) in [4.78, 5) is 25.2.